The van der Waals surface area contributed by atoms with Crippen molar-refractivity contribution in [2.75, 3.05) is 31.2 Å². The molecule has 0 radical (unpaired) electrons. The van der Waals surface area contributed by atoms with E-state index in [0.29, 0.717) is 17.4 Å². The van der Waals surface area contributed by atoms with Crippen molar-refractivity contribution in [1.82, 2.24) is 10.2 Å². The molecule has 0 saturated heterocycles. The van der Waals surface area contributed by atoms with Crippen LogP contribution in [0.2, 0.25) is 0 Å². The molecule has 1 saturated carbocycles. The first-order valence-electron chi connectivity index (χ1n) is 6.66. The topological polar surface area (TPSA) is 87.5 Å². The minimum absolute atomic E-state index is 0.0354. The third kappa shape index (κ3) is 4.89. The van der Waals surface area contributed by atoms with Crippen LogP contribution in [0.1, 0.15) is 12.8 Å². The number of nitrogens with one attached hydrogen (secondary N) is 2. The SMILES string of the molecule is CN(CC(=O)Nc1cccc(N)c1)CC(=O)NC1CC1. The number of rotatable bonds is 6. The summed E-state index contributed by atoms with van der Waals surface area (Å²) in [6.45, 7) is 0.383. The van der Waals surface area contributed by atoms with Crippen LogP contribution in [0.25, 0.3) is 0 Å². The molecule has 20 heavy (non-hydrogen) atoms. The summed E-state index contributed by atoms with van der Waals surface area (Å²) in [6, 6.07) is 7.34. The maximum Gasteiger partial charge on any atom is 0.238 e. The average Bonchev–Trinajstić information content (AvgIpc) is 3.11. The molecule has 0 aromatic heterocycles. The maximum atomic E-state index is 11.8. The van der Waals surface area contributed by atoms with Crippen molar-refractivity contribution in [3.63, 3.8) is 0 Å². The molecule has 0 aliphatic heterocycles. The van der Waals surface area contributed by atoms with Gasteiger partial charge in [-0.25, -0.2) is 0 Å². The summed E-state index contributed by atoms with van der Waals surface area (Å²) in [5, 5.41) is 5.63. The molecule has 1 aliphatic rings. The van der Waals surface area contributed by atoms with Crippen molar-refractivity contribution in [1.29, 1.82) is 0 Å². The van der Waals surface area contributed by atoms with Crippen molar-refractivity contribution in [2.45, 2.75) is 18.9 Å². The highest BCUT2D eigenvalue weighted by Gasteiger charge is 2.23. The van der Waals surface area contributed by atoms with Gasteiger partial charge in [0, 0.05) is 17.4 Å². The Balaban J connectivity index is 1.74. The number of likely N-dealkylation sites (N-methyl/N-ethyl adjacent to an activating group) is 1. The van der Waals surface area contributed by atoms with Crippen LogP contribution in [0.3, 0.4) is 0 Å². The minimum atomic E-state index is -0.169. The van der Waals surface area contributed by atoms with Crippen molar-refractivity contribution >= 4 is 23.2 Å². The van der Waals surface area contributed by atoms with Crippen molar-refractivity contribution < 1.29 is 9.59 Å². The Hall–Kier alpha value is -2.08. The predicted octanol–water partition coefficient (Wildman–Crippen LogP) is 0.418. The predicted molar refractivity (Wildman–Crippen MR) is 78.1 cm³/mol. The first kappa shape index (κ1) is 14.3. The quantitative estimate of drug-likeness (QED) is 0.657. The number of amides is 2. The molecule has 1 aromatic carbocycles. The Morgan fingerprint density at radius 3 is 2.65 bits per heavy atom. The number of carbonyl (C=O) groups excluding carboxylic acids is 2. The third-order valence-electron chi connectivity index (χ3n) is 2.94. The van der Waals surface area contributed by atoms with Crippen LogP contribution < -0.4 is 16.4 Å². The molecule has 2 amide bonds. The number of hydrogen-bond donors (Lipinski definition) is 3. The summed E-state index contributed by atoms with van der Waals surface area (Å²) in [5.74, 6) is -0.205. The molecule has 2 rings (SSSR count). The van der Waals surface area contributed by atoms with E-state index in [1.807, 2.05) is 0 Å². The van der Waals surface area contributed by atoms with Crippen molar-refractivity contribution in [3.8, 4) is 0 Å². The van der Waals surface area contributed by atoms with Gasteiger partial charge < -0.3 is 16.4 Å². The summed E-state index contributed by atoms with van der Waals surface area (Å²) in [6.07, 6.45) is 2.12. The van der Waals surface area contributed by atoms with E-state index in [1.54, 1.807) is 36.2 Å². The van der Waals surface area contributed by atoms with Gasteiger partial charge in [0.25, 0.3) is 0 Å². The second kappa shape index (κ2) is 6.38. The third-order valence-corrected chi connectivity index (χ3v) is 2.94. The lowest BCUT2D eigenvalue weighted by Crippen LogP contribution is -2.39. The molecular formula is C14H20N4O2. The van der Waals surface area contributed by atoms with Gasteiger partial charge in [-0.1, -0.05) is 6.07 Å². The monoisotopic (exact) mass is 276 g/mol. The lowest BCUT2D eigenvalue weighted by Gasteiger charge is -2.16. The van der Waals surface area contributed by atoms with E-state index < -0.39 is 0 Å². The van der Waals surface area contributed by atoms with Crippen LogP contribution in [-0.4, -0.2) is 42.9 Å². The van der Waals surface area contributed by atoms with Gasteiger partial charge in [-0.05, 0) is 38.1 Å². The number of anilines is 2. The molecule has 0 heterocycles. The van der Waals surface area contributed by atoms with Gasteiger partial charge in [0.1, 0.15) is 0 Å². The molecule has 108 valence electrons. The zero-order chi connectivity index (χ0) is 14.5. The first-order chi connectivity index (χ1) is 9.52. The van der Waals surface area contributed by atoms with Gasteiger partial charge in [-0.3, -0.25) is 14.5 Å². The molecule has 0 bridgehead atoms. The second-order valence-corrected chi connectivity index (χ2v) is 5.19. The van der Waals surface area contributed by atoms with Gasteiger partial charge >= 0.3 is 0 Å². The van der Waals surface area contributed by atoms with E-state index in [9.17, 15) is 9.59 Å². The van der Waals surface area contributed by atoms with Crippen molar-refractivity contribution in [3.05, 3.63) is 24.3 Å². The zero-order valence-corrected chi connectivity index (χ0v) is 11.6. The molecule has 0 unspecified atom stereocenters. The highest BCUT2D eigenvalue weighted by molar-refractivity contribution is 5.93. The van der Waals surface area contributed by atoms with E-state index in [0.717, 1.165) is 12.8 Å². The molecule has 1 aliphatic carbocycles. The molecule has 6 heteroatoms. The number of benzene rings is 1. The number of carbonyl (C=O) groups is 2. The molecule has 1 fully saturated rings. The lowest BCUT2D eigenvalue weighted by atomic mass is 10.3. The fourth-order valence-corrected chi connectivity index (χ4v) is 1.86. The van der Waals surface area contributed by atoms with E-state index in [-0.39, 0.29) is 24.9 Å². The molecule has 1 aromatic rings. The lowest BCUT2D eigenvalue weighted by molar-refractivity contribution is -0.123. The van der Waals surface area contributed by atoms with E-state index in [1.165, 1.54) is 0 Å². The Labute approximate surface area is 118 Å². The fourth-order valence-electron chi connectivity index (χ4n) is 1.86. The maximum absolute atomic E-state index is 11.8. The molecule has 6 nitrogen and oxygen atoms in total. The highest BCUT2D eigenvalue weighted by Crippen LogP contribution is 2.18. The molecular weight excluding hydrogens is 256 g/mol. The van der Waals surface area contributed by atoms with Gasteiger partial charge in [0.2, 0.25) is 11.8 Å². The van der Waals surface area contributed by atoms with Gasteiger partial charge in [0.05, 0.1) is 13.1 Å². The Kier molecular flexibility index (Phi) is 4.57. The van der Waals surface area contributed by atoms with Crippen LogP contribution in [0.15, 0.2) is 24.3 Å². The van der Waals surface area contributed by atoms with Crippen LogP contribution in [-0.2, 0) is 9.59 Å². The first-order valence-corrected chi connectivity index (χ1v) is 6.66. The van der Waals surface area contributed by atoms with E-state index >= 15 is 0 Å². The summed E-state index contributed by atoms with van der Waals surface area (Å²) in [4.78, 5) is 25.1. The summed E-state index contributed by atoms with van der Waals surface area (Å²) in [7, 11) is 1.74. The largest absolute Gasteiger partial charge is 0.399 e. The number of hydrogen-bond acceptors (Lipinski definition) is 4. The highest BCUT2D eigenvalue weighted by atomic mass is 16.2. The molecule has 4 N–H and O–H groups in total. The molecule has 0 spiro atoms. The van der Waals surface area contributed by atoms with Crippen LogP contribution >= 0.6 is 0 Å². The Morgan fingerprint density at radius 2 is 2.00 bits per heavy atom. The van der Waals surface area contributed by atoms with Gasteiger partial charge in [0.15, 0.2) is 0 Å². The standard InChI is InChI=1S/C14H20N4O2/c1-18(8-13(19)16-11-5-6-11)9-14(20)17-12-4-2-3-10(15)7-12/h2-4,7,11H,5-6,8-9,15H2,1H3,(H,16,19)(H,17,20). The smallest absolute Gasteiger partial charge is 0.238 e. The van der Waals surface area contributed by atoms with Gasteiger partial charge in [-0.2, -0.15) is 0 Å². The van der Waals surface area contributed by atoms with Crippen LogP contribution in [0, 0.1) is 0 Å². The van der Waals surface area contributed by atoms with E-state index in [2.05, 4.69) is 10.6 Å². The summed E-state index contributed by atoms with van der Waals surface area (Å²) in [5.41, 5.74) is 6.89. The summed E-state index contributed by atoms with van der Waals surface area (Å²) < 4.78 is 0. The normalized spacial score (nSPS) is 14.1. The number of nitrogens with two attached hydrogens (primary N) is 1. The molecule has 0 atom stereocenters. The van der Waals surface area contributed by atoms with Crippen LogP contribution in [0.4, 0.5) is 11.4 Å². The Morgan fingerprint density at radius 1 is 1.30 bits per heavy atom. The van der Waals surface area contributed by atoms with Crippen LogP contribution in [0.5, 0.6) is 0 Å². The fraction of sp³-hybridized carbons (Fsp3) is 0.429. The Bertz CT molecular complexity index is 500. The van der Waals surface area contributed by atoms with Gasteiger partial charge in [-0.15, -0.1) is 0 Å². The number of nitrogens with zero attached hydrogens (tertiary/aromatic N) is 1. The zero-order valence-electron chi connectivity index (χ0n) is 11.6. The van der Waals surface area contributed by atoms with E-state index in [4.69, 9.17) is 5.73 Å². The average molecular weight is 276 g/mol. The second-order valence-electron chi connectivity index (χ2n) is 5.19. The number of nitrogen functional groups attached to an aromatic ring is 1. The minimum Gasteiger partial charge on any atom is -0.399 e. The van der Waals surface area contributed by atoms with Crippen molar-refractivity contribution in [2.24, 2.45) is 0 Å². The summed E-state index contributed by atoms with van der Waals surface area (Å²) >= 11 is 0.